The van der Waals surface area contributed by atoms with Crippen molar-refractivity contribution in [1.29, 1.82) is 0 Å². The van der Waals surface area contributed by atoms with Crippen LogP contribution in [0.25, 0.3) is 12.2 Å². The van der Waals surface area contributed by atoms with E-state index in [1.165, 1.54) is 0 Å². The fraction of sp³-hybridized carbons (Fsp3) is 0.417. The summed E-state index contributed by atoms with van der Waals surface area (Å²) in [6, 6.07) is 2.03. The van der Waals surface area contributed by atoms with Crippen LogP contribution in [0.15, 0.2) is 58.1 Å². The van der Waals surface area contributed by atoms with Crippen LogP contribution in [0.2, 0.25) is 0 Å². The highest BCUT2D eigenvalue weighted by molar-refractivity contribution is 6.06. The maximum absolute atomic E-state index is 9.24. The predicted octanol–water partition coefficient (Wildman–Crippen LogP) is 0.866. The van der Waals surface area contributed by atoms with E-state index in [4.69, 9.17) is 9.73 Å². The molecule has 32 heavy (non-hydrogen) atoms. The molecule has 0 saturated carbocycles. The molecule has 0 atom stereocenters. The van der Waals surface area contributed by atoms with Crippen molar-refractivity contribution in [2.24, 2.45) is 15.9 Å². The molecule has 0 spiro atoms. The molecule has 0 unspecified atom stereocenters. The molecule has 0 bridgehead atoms. The van der Waals surface area contributed by atoms with Gasteiger partial charge in [-0.2, -0.15) is 0 Å². The molecule has 1 aliphatic rings. The van der Waals surface area contributed by atoms with Crippen molar-refractivity contribution in [2.75, 3.05) is 40.5 Å². The quantitative estimate of drug-likeness (QED) is 0.336. The number of aromatic nitrogens is 1. The molecule has 0 saturated heterocycles. The summed E-state index contributed by atoms with van der Waals surface area (Å²) in [5.74, 6) is 0.917. The first-order valence-electron chi connectivity index (χ1n) is 10.8. The van der Waals surface area contributed by atoms with Gasteiger partial charge in [-0.1, -0.05) is 13.0 Å². The van der Waals surface area contributed by atoms with E-state index in [0.717, 1.165) is 22.0 Å². The van der Waals surface area contributed by atoms with Crippen LogP contribution in [0.5, 0.6) is 0 Å². The summed E-state index contributed by atoms with van der Waals surface area (Å²) < 4.78 is 5.78. The molecular formula is C24H35N5O3. The zero-order valence-electron chi connectivity index (χ0n) is 19.4. The van der Waals surface area contributed by atoms with Gasteiger partial charge in [-0.25, -0.2) is 4.99 Å². The molecule has 8 nitrogen and oxygen atoms in total. The Morgan fingerprint density at radius 3 is 2.81 bits per heavy atom. The maximum Gasteiger partial charge on any atom is 0.222 e. The monoisotopic (exact) mass is 441 g/mol. The fourth-order valence-corrected chi connectivity index (χ4v) is 3.06. The first-order chi connectivity index (χ1) is 15.6. The number of nitrogens with zero attached hydrogens (tertiary/aromatic N) is 3. The Morgan fingerprint density at radius 1 is 1.38 bits per heavy atom. The van der Waals surface area contributed by atoms with Crippen molar-refractivity contribution in [2.45, 2.75) is 20.3 Å². The van der Waals surface area contributed by atoms with E-state index in [1.54, 1.807) is 13.2 Å². The fourth-order valence-electron chi connectivity index (χ4n) is 3.06. The number of likely N-dealkylation sites (N-methyl/N-ethyl adjacent to an activating group) is 1. The van der Waals surface area contributed by atoms with Gasteiger partial charge in [0.05, 0.1) is 31.2 Å². The summed E-state index contributed by atoms with van der Waals surface area (Å²) in [4.78, 5) is 14.3. The van der Waals surface area contributed by atoms with E-state index in [2.05, 4.69) is 26.3 Å². The number of hydrogen-bond acceptors (Lipinski definition) is 5. The number of aliphatic imine (C=N–C) groups is 2. The molecule has 1 aromatic rings. The summed E-state index contributed by atoms with van der Waals surface area (Å²) in [5, 5.41) is 23.8. The summed E-state index contributed by atoms with van der Waals surface area (Å²) in [6.07, 6.45) is 14.3. The van der Waals surface area contributed by atoms with Crippen LogP contribution in [0.4, 0.5) is 0 Å². The number of aromatic amines is 1. The summed E-state index contributed by atoms with van der Waals surface area (Å²) in [6.45, 7) is 4.76. The molecule has 0 radical (unpaired) electrons. The van der Waals surface area contributed by atoms with Crippen LogP contribution in [0.3, 0.4) is 0 Å². The molecule has 2 rings (SSSR count). The van der Waals surface area contributed by atoms with E-state index >= 15 is 0 Å². The number of hydrogen-bond donors (Lipinski definition) is 4. The van der Waals surface area contributed by atoms with Crippen LogP contribution in [-0.4, -0.2) is 72.2 Å². The third-order valence-corrected chi connectivity index (χ3v) is 5.04. The number of nitrogens with one attached hydrogen (secondary N) is 2. The maximum atomic E-state index is 9.24. The van der Waals surface area contributed by atoms with E-state index in [9.17, 15) is 10.2 Å². The van der Waals surface area contributed by atoms with Gasteiger partial charge >= 0.3 is 0 Å². The number of aliphatic hydroxyl groups is 2. The minimum absolute atomic E-state index is 0.114. The Morgan fingerprint density at radius 2 is 2.16 bits per heavy atom. The number of allylic oxidation sites excluding steroid dienone is 3. The molecule has 1 aromatic heterocycles. The average Bonchev–Trinajstić information content (AvgIpc) is 3.28. The Balaban J connectivity index is 2.13. The Kier molecular flexibility index (Phi) is 10.5. The largest absolute Gasteiger partial charge is 0.493 e. The van der Waals surface area contributed by atoms with Gasteiger partial charge in [-0.05, 0) is 42.9 Å². The van der Waals surface area contributed by atoms with Crippen LogP contribution >= 0.6 is 0 Å². The molecule has 8 heteroatoms. The lowest BCUT2D eigenvalue weighted by molar-refractivity contribution is 0.0796. The molecule has 4 N–H and O–H groups in total. The highest BCUT2D eigenvalue weighted by Crippen LogP contribution is 2.18. The van der Waals surface area contributed by atoms with Gasteiger partial charge in [-0.3, -0.25) is 4.99 Å². The summed E-state index contributed by atoms with van der Waals surface area (Å²) in [5.41, 5.74) is 1.82. The third-order valence-electron chi connectivity index (χ3n) is 5.04. The minimum Gasteiger partial charge on any atom is -0.493 e. The Bertz CT molecular complexity index is 997. The van der Waals surface area contributed by atoms with E-state index < -0.39 is 0 Å². The van der Waals surface area contributed by atoms with E-state index in [-0.39, 0.29) is 25.7 Å². The van der Waals surface area contributed by atoms with Crippen molar-refractivity contribution >= 4 is 23.8 Å². The third kappa shape index (κ3) is 7.25. The molecule has 0 fully saturated rings. The zero-order chi connectivity index (χ0) is 23.3. The van der Waals surface area contributed by atoms with E-state index in [1.807, 2.05) is 57.5 Å². The Labute approximate surface area is 189 Å². The molecule has 1 aliphatic heterocycles. The predicted molar refractivity (Wildman–Crippen MR) is 130 cm³/mol. The SMILES string of the molecule is CC=c1cc[nH]c1=CC=CNC(=NC)N=C(CC)C1=CC(OCC(CO)CO)=CCN1C. The zero-order valence-corrected chi connectivity index (χ0v) is 19.4. The second kappa shape index (κ2) is 13.3. The second-order valence-corrected chi connectivity index (χ2v) is 7.32. The number of rotatable bonds is 9. The summed E-state index contributed by atoms with van der Waals surface area (Å²) >= 11 is 0. The molecule has 174 valence electrons. The van der Waals surface area contributed by atoms with Crippen molar-refractivity contribution in [3.05, 3.63) is 58.7 Å². The lowest BCUT2D eigenvalue weighted by atomic mass is 10.1. The van der Waals surface area contributed by atoms with Gasteiger partial charge in [0.1, 0.15) is 5.76 Å². The van der Waals surface area contributed by atoms with E-state index in [0.29, 0.717) is 24.7 Å². The number of guanidine groups is 1. The highest BCUT2D eigenvalue weighted by atomic mass is 16.5. The summed E-state index contributed by atoms with van der Waals surface area (Å²) in [7, 11) is 3.70. The van der Waals surface area contributed by atoms with Gasteiger partial charge in [0.15, 0.2) is 0 Å². The van der Waals surface area contributed by atoms with Crippen molar-refractivity contribution in [3.63, 3.8) is 0 Å². The van der Waals surface area contributed by atoms with Crippen LogP contribution in [0.1, 0.15) is 20.3 Å². The van der Waals surface area contributed by atoms with Crippen LogP contribution in [0, 0.1) is 5.92 Å². The van der Waals surface area contributed by atoms with Crippen molar-refractivity contribution in [1.82, 2.24) is 15.2 Å². The lowest BCUT2D eigenvalue weighted by Gasteiger charge is -2.27. The van der Waals surface area contributed by atoms with Gasteiger partial charge in [-0.15, -0.1) is 0 Å². The topological polar surface area (TPSA) is 105 Å². The van der Waals surface area contributed by atoms with Crippen molar-refractivity contribution < 1.29 is 14.9 Å². The molecule has 0 aliphatic carbocycles. The normalized spacial score (nSPS) is 16.8. The molecule has 2 heterocycles. The first-order valence-corrected chi connectivity index (χ1v) is 10.8. The molecular weight excluding hydrogens is 406 g/mol. The minimum atomic E-state index is -0.296. The van der Waals surface area contributed by atoms with Crippen molar-refractivity contribution in [3.8, 4) is 0 Å². The standard InChI is InChI=1S/C24H35N5O3/c1-5-19-9-12-26-22(19)8-7-11-27-24(25-3)28-21(6-2)23-14-20(10-13-29(23)4)32-17-18(15-30)16-31/h5,7-12,14,18,26,30-31H,6,13,15-17H2,1-4H3,(H,25,27). The van der Waals surface area contributed by atoms with Crippen LogP contribution in [-0.2, 0) is 4.74 Å². The van der Waals surface area contributed by atoms with Crippen LogP contribution < -0.4 is 15.9 Å². The Hall–Kier alpha value is -3.10. The molecule has 0 amide bonds. The van der Waals surface area contributed by atoms with Gasteiger partial charge in [0.25, 0.3) is 0 Å². The van der Waals surface area contributed by atoms with Gasteiger partial charge < -0.3 is 30.2 Å². The highest BCUT2D eigenvalue weighted by Gasteiger charge is 2.17. The average molecular weight is 442 g/mol. The smallest absolute Gasteiger partial charge is 0.222 e. The second-order valence-electron chi connectivity index (χ2n) is 7.32. The number of ether oxygens (including phenoxy) is 1. The van der Waals surface area contributed by atoms with Gasteiger partial charge in [0, 0.05) is 50.4 Å². The molecule has 0 aromatic carbocycles. The first kappa shape index (κ1) is 25.2. The number of H-pyrrole nitrogens is 1. The number of aliphatic hydroxyl groups excluding tert-OH is 2. The lowest BCUT2D eigenvalue weighted by Crippen LogP contribution is -2.29. The van der Waals surface area contributed by atoms with Gasteiger partial charge in [0.2, 0.25) is 5.96 Å².